The molecule has 17 heteroatoms. The van der Waals surface area contributed by atoms with Crippen LogP contribution in [0, 0.1) is 11.8 Å². The van der Waals surface area contributed by atoms with Gasteiger partial charge in [0.1, 0.15) is 41.9 Å². The van der Waals surface area contributed by atoms with Crippen LogP contribution < -0.4 is 15.3 Å². The molecule has 3 aromatic rings. The standard InChI is InChI=1S/C33H46N5O11P/c1-19(2)29(39)46-26-25(23-14-15-24-28(34)35-18-36-38(23)24)48-33(8,27(26)47-30(40)20(3)4)17-45-50(43,49-22-12-10-9-11-13-22)37-21(5)31(41)44-16-32(6,7)42/h9-15,18-21,25-27,42H,16-17H2,1-8H3,(H,37,43)(H2,34,35,36)/t21-,25-,26-,27-,33+,50+/m0/s1. The number of para-hydroxylation sites is 1. The fraction of sp³-hybridized carbons (Fsp3) is 0.545. The van der Waals surface area contributed by atoms with Crippen LogP contribution in [0.4, 0.5) is 5.82 Å². The summed E-state index contributed by atoms with van der Waals surface area (Å²) in [5, 5.41) is 16.9. The number of esters is 3. The molecule has 0 unspecified atom stereocenters. The molecule has 0 bridgehead atoms. The quantitative estimate of drug-likeness (QED) is 0.116. The Balaban J connectivity index is 1.73. The summed E-state index contributed by atoms with van der Waals surface area (Å²) < 4.78 is 51.4. The minimum atomic E-state index is -4.46. The van der Waals surface area contributed by atoms with E-state index in [-0.39, 0.29) is 18.2 Å². The van der Waals surface area contributed by atoms with Crippen molar-refractivity contribution in [2.24, 2.45) is 11.8 Å². The number of aromatic nitrogens is 3. The van der Waals surface area contributed by atoms with Gasteiger partial charge in [0.2, 0.25) is 0 Å². The van der Waals surface area contributed by atoms with E-state index in [1.807, 2.05) is 0 Å². The van der Waals surface area contributed by atoms with Gasteiger partial charge in [-0.05, 0) is 52.0 Å². The van der Waals surface area contributed by atoms with Crippen LogP contribution in [0.2, 0.25) is 0 Å². The van der Waals surface area contributed by atoms with Crippen LogP contribution in [0.25, 0.3) is 5.52 Å². The fourth-order valence-corrected chi connectivity index (χ4v) is 6.48. The number of hydrogen-bond donors (Lipinski definition) is 3. The lowest BCUT2D eigenvalue weighted by molar-refractivity contribution is -0.175. The third-order valence-corrected chi connectivity index (χ3v) is 9.22. The van der Waals surface area contributed by atoms with Crippen molar-refractivity contribution in [1.82, 2.24) is 19.7 Å². The Bertz CT molecular complexity index is 1710. The second-order valence-corrected chi connectivity index (χ2v) is 15.3. The molecule has 16 nitrogen and oxygen atoms in total. The Morgan fingerprint density at radius 1 is 1.04 bits per heavy atom. The summed E-state index contributed by atoms with van der Waals surface area (Å²) in [5.74, 6) is -2.83. The van der Waals surface area contributed by atoms with Gasteiger partial charge in [0.05, 0.1) is 29.7 Å². The number of nitrogens with one attached hydrogen (secondary N) is 1. The maximum absolute atomic E-state index is 14.4. The number of nitrogens with zero attached hydrogens (tertiary/aromatic N) is 3. The zero-order chi connectivity index (χ0) is 37.0. The van der Waals surface area contributed by atoms with E-state index in [0.717, 1.165) is 0 Å². The number of carbonyl (C=O) groups excluding carboxylic acids is 3. The Kier molecular flexibility index (Phi) is 12.0. The fourth-order valence-electron chi connectivity index (χ4n) is 4.90. The van der Waals surface area contributed by atoms with Crippen molar-refractivity contribution < 1.29 is 52.1 Å². The summed E-state index contributed by atoms with van der Waals surface area (Å²) in [6, 6.07) is 10.2. The first-order chi connectivity index (χ1) is 23.3. The van der Waals surface area contributed by atoms with E-state index < -0.39 is 79.7 Å². The third-order valence-electron chi connectivity index (χ3n) is 7.60. The van der Waals surface area contributed by atoms with Crippen LogP contribution in [0.5, 0.6) is 5.75 Å². The average molecular weight is 720 g/mol. The molecular weight excluding hydrogens is 673 g/mol. The highest BCUT2D eigenvalue weighted by molar-refractivity contribution is 7.52. The first-order valence-corrected chi connectivity index (χ1v) is 17.7. The van der Waals surface area contributed by atoms with Crippen LogP contribution in [0.15, 0.2) is 48.8 Å². The molecule has 1 aromatic carbocycles. The first-order valence-electron chi connectivity index (χ1n) is 16.2. The van der Waals surface area contributed by atoms with Crippen molar-refractivity contribution in [2.45, 2.75) is 90.9 Å². The molecule has 0 aliphatic carbocycles. The number of nitrogen functional groups attached to an aromatic ring is 1. The molecule has 0 radical (unpaired) electrons. The average Bonchev–Trinajstić information content (AvgIpc) is 3.58. The smallest absolute Gasteiger partial charge is 0.459 e. The van der Waals surface area contributed by atoms with Gasteiger partial charge in [-0.3, -0.25) is 18.9 Å². The predicted molar refractivity (Wildman–Crippen MR) is 180 cm³/mol. The minimum Gasteiger partial charge on any atom is -0.461 e. The molecule has 1 aliphatic rings. The SMILES string of the molecule is CC(C)C(=O)O[C@H]1[C@H](c2ccc3c(N)ncnn23)O[C@](C)(CO[P@](=O)(N[C@@H](C)C(=O)OCC(C)(C)O)Oc2ccccc2)[C@H]1OC(=O)C(C)C. The van der Waals surface area contributed by atoms with Gasteiger partial charge in [-0.2, -0.15) is 10.2 Å². The molecule has 2 aromatic heterocycles. The van der Waals surface area contributed by atoms with E-state index in [2.05, 4.69) is 15.2 Å². The van der Waals surface area contributed by atoms with Crippen LogP contribution in [-0.4, -0.2) is 80.3 Å². The van der Waals surface area contributed by atoms with Gasteiger partial charge < -0.3 is 34.3 Å². The molecule has 1 fully saturated rings. The van der Waals surface area contributed by atoms with Crippen molar-refractivity contribution in [3.8, 4) is 5.75 Å². The van der Waals surface area contributed by atoms with E-state index in [0.29, 0.717) is 11.2 Å². The summed E-state index contributed by atoms with van der Waals surface area (Å²) in [7, 11) is -4.46. The second kappa shape index (κ2) is 15.4. The lowest BCUT2D eigenvalue weighted by Crippen LogP contribution is -2.49. The highest BCUT2D eigenvalue weighted by atomic mass is 31.2. The summed E-state index contributed by atoms with van der Waals surface area (Å²) >= 11 is 0. The van der Waals surface area contributed by atoms with E-state index in [1.54, 1.807) is 77.1 Å². The number of ether oxygens (including phenoxy) is 4. The van der Waals surface area contributed by atoms with Crippen molar-refractivity contribution in [3.63, 3.8) is 0 Å². The third kappa shape index (κ3) is 9.37. The number of benzene rings is 1. The number of rotatable bonds is 15. The largest absolute Gasteiger partial charge is 0.461 e. The van der Waals surface area contributed by atoms with E-state index in [1.165, 1.54) is 31.6 Å². The number of fused-ring (bicyclic) bond motifs is 1. The maximum atomic E-state index is 14.4. The van der Waals surface area contributed by atoms with Gasteiger partial charge >= 0.3 is 25.7 Å². The second-order valence-electron chi connectivity index (χ2n) is 13.6. The van der Waals surface area contributed by atoms with Gasteiger partial charge in [0, 0.05) is 0 Å². The van der Waals surface area contributed by atoms with E-state index >= 15 is 0 Å². The number of hydrogen-bond acceptors (Lipinski definition) is 14. The summed E-state index contributed by atoms with van der Waals surface area (Å²) in [4.78, 5) is 43.1. The Hall–Kier alpha value is -4.08. The normalized spacial score (nSPS) is 22.7. The molecule has 274 valence electrons. The molecule has 6 atom stereocenters. The molecule has 0 saturated carbocycles. The van der Waals surface area contributed by atoms with Gasteiger partial charge in [0.25, 0.3) is 0 Å². The molecule has 1 aliphatic heterocycles. The van der Waals surface area contributed by atoms with Crippen LogP contribution in [-0.2, 0) is 42.4 Å². The molecule has 4 N–H and O–H groups in total. The molecule has 1 saturated heterocycles. The Morgan fingerprint density at radius 2 is 1.68 bits per heavy atom. The topological polar surface area (TPSA) is 212 Å². The zero-order valence-electron chi connectivity index (χ0n) is 29.4. The number of anilines is 1. The van der Waals surface area contributed by atoms with Crippen LogP contribution in [0.3, 0.4) is 0 Å². The highest BCUT2D eigenvalue weighted by Crippen LogP contribution is 2.50. The molecule has 50 heavy (non-hydrogen) atoms. The van der Waals surface area contributed by atoms with Crippen molar-refractivity contribution in [2.75, 3.05) is 18.9 Å². The van der Waals surface area contributed by atoms with Crippen molar-refractivity contribution >= 4 is 37.0 Å². The van der Waals surface area contributed by atoms with Gasteiger partial charge in [-0.25, -0.2) is 14.1 Å². The first kappa shape index (κ1) is 38.7. The Morgan fingerprint density at radius 3 is 2.30 bits per heavy atom. The van der Waals surface area contributed by atoms with E-state index in [9.17, 15) is 24.1 Å². The molecular formula is C33H46N5O11P. The van der Waals surface area contributed by atoms with Crippen LogP contribution >= 0.6 is 7.75 Å². The lowest BCUT2D eigenvalue weighted by atomic mass is 9.95. The van der Waals surface area contributed by atoms with Crippen molar-refractivity contribution in [1.29, 1.82) is 0 Å². The summed E-state index contributed by atoms with van der Waals surface area (Å²) in [5.41, 5.74) is 3.99. The molecule has 0 amide bonds. The summed E-state index contributed by atoms with van der Waals surface area (Å²) in [6.45, 7) is 11.6. The van der Waals surface area contributed by atoms with Gasteiger partial charge in [-0.15, -0.1) is 0 Å². The highest BCUT2D eigenvalue weighted by Gasteiger charge is 2.59. The molecule has 0 spiro atoms. The minimum absolute atomic E-state index is 0.152. The number of aliphatic hydroxyl groups is 1. The zero-order valence-corrected chi connectivity index (χ0v) is 30.3. The predicted octanol–water partition coefficient (Wildman–Crippen LogP) is 3.77. The molecule has 3 heterocycles. The number of carbonyl (C=O) groups is 3. The molecule has 4 rings (SSSR count). The van der Waals surface area contributed by atoms with E-state index in [4.69, 9.17) is 33.7 Å². The van der Waals surface area contributed by atoms with Gasteiger partial charge in [-0.1, -0.05) is 45.9 Å². The van der Waals surface area contributed by atoms with Gasteiger partial charge in [0.15, 0.2) is 18.0 Å². The van der Waals surface area contributed by atoms with Crippen LogP contribution in [0.1, 0.15) is 67.2 Å². The number of nitrogens with two attached hydrogens (primary N) is 1. The summed E-state index contributed by atoms with van der Waals surface area (Å²) in [6.07, 6.45) is -2.36. The Labute approximate surface area is 290 Å². The van der Waals surface area contributed by atoms with Crippen molar-refractivity contribution in [3.05, 3.63) is 54.5 Å². The maximum Gasteiger partial charge on any atom is 0.459 e. The monoisotopic (exact) mass is 719 g/mol. The lowest BCUT2D eigenvalue weighted by Gasteiger charge is -2.33.